The summed E-state index contributed by atoms with van der Waals surface area (Å²) in [6, 6.07) is 10.4. The number of Topliss-reactive ketones (excluding diaryl/α,β-unsaturated/α-hetero) is 1. The van der Waals surface area contributed by atoms with Crippen LogP contribution in [-0.4, -0.2) is 40.1 Å². The van der Waals surface area contributed by atoms with E-state index >= 15 is 0 Å². The average molecular weight is 379 g/mol. The number of hydrogen-bond donors (Lipinski definition) is 2. The zero-order chi connectivity index (χ0) is 19.3. The number of rotatable bonds is 8. The molecule has 0 saturated carbocycles. The lowest BCUT2D eigenvalue weighted by Gasteiger charge is -2.15. The Hall–Kier alpha value is -2.42. The van der Waals surface area contributed by atoms with Gasteiger partial charge in [-0.05, 0) is 36.8 Å². The lowest BCUT2D eigenvalue weighted by molar-refractivity contribution is 0.101. The minimum absolute atomic E-state index is 0.0158. The molecule has 0 aliphatic rings. The van der Waals surface area contributed by atoms with E-state index in [4.69, 9.17) is 9.47 Å². The van der Waals surface area contributed by atoms with Crippen molar-refractivity contribution in [2.24, 2.45) is 0 Å². The largest absolute Gasteiger partial charge is 0.493 e. The number of hydrogen-bond acceptors (Lipinski definition) is 6. The molecule has 7 nitrogen and oxygen atoms in total. The molecule has 1 atom stereocenters. The molecule has 140 valence electrons. The second-order valence-corrected chi connectivity index (χ2v) is 7.33. The molecule has 2 aromatic rings. The number of carbonyl (C=O) groups excluding carboxylic acids is 1. The molecule has 26 heavy (non-hydrogen) atoms. The zero-order valence-electron chi connectivity index (χ0n) is 14.7. The molecule has 0 fully saturated rings. The molecule has 0 aliphatic heterocycles. The summed E-state index contributed by atoms with van der Waals surface area (Å²) in [6.45, 7) is 1.19. The third kappa shape index (κ3) is 4.60. The Morgan fingerprint density at radius 2 is 1.69 bits per heavy atom. The van der Waals surface area contributed by atoms with E-state index < -0.39 is 16.1 Å². The average Bonchev–Trinajstić information content (AvgIpc) is 2.65. The highest BCUT2D eigenvalue weighted by molar-refractivity contribution is 7.89. The molecule has 0 amide bonds. The van der Waals surface area contributed by atoms with Crippen molar-refractivity contribution in [2.75, 3.05) is 20.8 Å². The SMILES string of the molecule is COc1ccc(C(O)CNS(=O)(=O)c2ccc(C(C)=O)cc2)cc1OC. The Bertz CT molecular complexity index is 877. The number of methoxy groups -OCH3 is 2. The molecule has 8 heteroatoms. The van der Waals surface area contributed by atoms with E-state index in [-0.39, 0.29) is 17.2 Å². The molecule has 0 saturated heterocycles. The van der Waals surface area contributed by atoms with E-state index in [1.165, 1.54) is 45.4 Å². The number of ketones is 1. The minimum Gasteiger partial charge on any atom is -0.493 e. The lowest BCUT2D eigenvalue weighted by atomic mass is 10.1. The van der Waals surface area contributed by atoms with Gasteiger partial charge in [0, 0.05) is 12.1 Å². The molecule has 0 aliphatic carbocycles. The first-order valence-electron chi connectivity index (χ1n) is 7.79. The molecule has 1 unspecified atom stereocenters. The van der Waals surface area contributed by atoms with Gasteiger partial charge in [-0.25, -0.2) is 13.1 Å². The predicted octanol–water partition coefficient (Wildman–Crippen LogP) is 1.92. The van der Waals surface area contributed by atoms with Crippen LogP contribution in [0, 0.1) is 0 Å². The summed E-state index contributed by atoms with van der Waals surface area (Å²) >= 11 is 0. The van der Waals surface area contributed by atoms with E-state index in [2.05, 4.69) is 4.72 Å². The molecular weight excluding hydrogens is 358 g/mol. The van der Waals surface area contributed by atoms with Crippen molar-refractivity contribution < 1.29 is 27.8 Å². The first kappa shape index (κ1) is 19.9. The van der Waals surface area contributed by atoms with Crippen molar-refractivity contribution in [1.82, 2.24) is 4.72 Å². The molecule has 0 bridgehead atoms. The first-order chi connectivity index (χ1) is 12.3. The highest BCUT2D eigenvalue weighted by Crippen LogP contribution is 2.29. The van der Waals surface area contributed by atoms with Crippen LogP contribution in [-0.2, 0) is 10.0 Å². The summed E-state index contributed by atoms with van der Waals surface area (Å²) in [6.07, 6.45) is -1.07. The third-order valence-electron chi connectivity index (χ3n) is 3.83. The molecular formula is C18H21NO6S. The highest BCUT2D eigenvalue weighted by atomic mass is 32.2. The Kier molecular flexibility index (Phi) is 6.36. The normalized spacial score (nSPS) is 12.5. The molecule has 0 aromatic heterocycles. The number of sulfonamides is 1. The molecule has 0 radical (unpaired) electrons. The fourth-order valence-corrected chi connectivity index (χ4v) is 3.36. The van der Waals surface area contributed by atoms with Crippen LogP contribution < -0.4 is 14.2 Å². The van der Waals surface area contributed by atoms with E-state index in [1.807, 2.05) is 0 Å². The Labute approximate surface area is 152 Å². The summed E-state index contributed by atoms with van der Waals surface area (Å²) in [5.74, 6) is 0.798. The molecule has 0 spiro atoms. The number of ether oxygens (including phenoxy) is 2. The van der Waals surface area contributed by atoms with Crippen molar-refractivity contribution in [1.29, 1.82) is 0 Å². The molecule has 2 N–H and O–H groups in total. The summed E-state index contributed by atoms with van der Waals surface area (Å²) in [5, 5.41) is 10.3. The number of nitrogens with one attached hydrogen (secondary N) is 1. The van der Waals surface area contributed by atoms with Crippen LogP contribution in [0.4, 0.5) is 0 Å². The van der Waals surface area contributed by atoms with Crippen molar-refractivity contribution in [2.45, 2.75) is 17.9 Å². The summed E-state index contributed by atoms with van der Waals surface area (Å²) in [7, 11) is -0.838. The van der Waals surface area contributed by atoms with Crippen LogP contribution >= 0.6 is 0 Å². The van der Waals surface area contributed by atoms with Crippen molar-refractivity contribution in [3.05, 3.63) is 53.6 Å². The Morgan fingerprint density at radius 1 is 1.08 bits per heavy atom. The van der Waals surface area contributed by atoms with Crippen molar-refractivity contribution >= 4 is 15.8 Å². The van der Waals surface area contributed by atoms with Crippen molar-refractivity contribution in [3.63, 3.8) is 0 Å². The van der Waals surface area contributed by atoms with Crippen LogP contribution in [0.5, 0.6) is 11.5 Å². The fraction of sp³-hybridized carbons (Fsp3) is 0.278. The second-order valence-electron chi connectivity index (χ2n) is 5.56. The van der Waals surface area contributed by atoms with E-state index in [0.717, 1.165) is 0 Å². The van der Waals surface area contributed by atoms with Gasteiger partial charge in [-0.1, -0.05) is 18.2 Å². The number of aliphatic hydroxyl groups is 1. The summed E-state index contributed by atoms with van der Waals surface area (Å²) < 4.78 is 37.3. The van der Waals surface area contributed by atoms with E-state index in [0.29, 0.717) is 22.6 Å². The van der Waals surface area contributed by atoms with Gasteiger partial charge in [0.05, 0.1) is 25.2 Å². The molecule has 2 aromatic carbocycles. The third-order valence-corrected chi connectivity index (χ3v) is 5.27. The van der Waals surface area contributed by atoms with Crippen LogP contribution in [0.1, 0.15) is 28.9 Å². The Balaban J connectivity index is 2.10. The van der Waals surface area contributed by atoms with Gasteiger partial charge >= 0.3 is 0 Å². The van der Waals surface area contributed by atoms with Crippen LogP contribution in [0.3, 0.4) is 0 Å². The van der Waals surface area contributed by atoms with Crippen LogP contribution in [0.2, 0.25) is 0 Å². The lowest BCUT2D eigenvalue weighted by Crippen LogP contribution is -2.28. The van der Waals surface area contributed by atoms with Gasteiger partial charge in [-0.3, -0.25) is 4.79 Å². The van der Waals surface area contributed by atoms with Gasteiger partial charge in [-0.15, -0.1) is 0 Å². The maximum Gasteiger partial charge on any atom is 0.240 e. The zero-order valence-corrected chi connectivity index (χ0v) is 15.5. The predicted molar refractivity (Wildman–Crippen MR) is 96.1 cm³/mol. The minimum atomic E-state index is -3.81. The monoisotopic (exact) mass is 379 g/mol. The van der Waals surface area contributed by atoms with E-state index in [1.54, 1.807) is 18.2 Å². The standard InChI is InChI=1S/C18H21NO6S/c1-12(20)13-4-7-15(8-5-13)26(22,23)19-11-16(21)14-6-9-17(24-2)18(10-14)25-3/h4-10,16,19,21H,11H2,1-3H3. The van der Waals surface area contributed by atoms with Gasteiger partial charge < -0.3 is 14.6 Å². The molecule has 2 rings (SSSR count). The van der Waals surface area contributed by atoms with Gasteiger partial charge in [0.15, 0.2) is 17.3 Å². The maximum atomic E-state index is 12.3. The topological polar surface area (TPSA) is 102 Å². The molecule has 0 heterocycles. The summed E-state index contributed by atoms with van der Waals surface area (Å²) in [4.78, 5) is 11.3. The van der Waals surface area contributed by atoms with Crippen LogP contribution in [0.15, 0.2) is 47.4 Å². The van der Waals surface area contributed by atoms with Crippen LogP contribution in [0.25, 0.3) is 0 Å². The second kappa shape index (κ2) is 8.31. The first-order valence-corrected chi connectivity index (χ1v) is 9.27. The van der Waals surface area contributed by atoms with Gasteiger partial charge in [-0.2, -0.15) is 0 Å². The summed E-state index contributed by atoms with van der Waals surface area (Å²) in [5.41, 5.74) is 0.909. The van der Waals surface area contributed by atoms with E-state index in [9.17, 15) is 18.3 Å². The number of benzene rings is 2. The van der Waals surface area contributed by atoms with Gasteiger partial charge in [0.2, 0.25) is 10.0 Å². The number of aliphatic hydroxyl groups excluding tert-OH is 1. The maximum absolute atomic E-state index is 12.3. The Morgan fingerprint density at radius 3 is 2.23 bits per heavy atom. The van der Waals surface area contributed by atoms with Gasteiger partial charge in [0.1, 0.15) is 0 Å². The fourth-order valence-electron chi connectivity index (χ4n) is 2.32. The van der Waals surface area contributed by atoms with Gasteiger partial charge in [0.25, 0.3) is 0 Å². The smallest absolute Gasteiger partial charge is 0.240 e. The number of carbonyl (C=O) groups is 1. The quantitative estimate of drug-likeness (QED) is 0.680. The van der Waals surface area contributed by atoms with Crippen molar-refractivity contribution in [3.8, 4) is 11.5 Å². The highest BCUT2D eigenvalue weighted by Gasteiger charge is 2.18.